The number of rotatable bonds is 9. The predicted molar refractivity (Wildman–Crippen MR) is 135 cm³/mol. The molecule has 3 N–H and O–H groups in total. The summed E-state index contributed by atoms with van der Waals surface area (Å²) in [5.74, 6) is -1.24. The summed E-state index contributed by atoms with van der Waals surface area (Å²) >= 11 is 5.43. The van der Waals surface area contributed by atoms with E-state index >= 15 is 0 Å². The molecule has 3 aliphatic rings. The molecular weight excluding hydrogens is 506 g/mol. The average molecular weight is 547 g/mol. The van der Waals surface area contributed by atoms with E-state index in [9.17, 15) is 14.4 Å². The third kappa shape index (κ3) is 5.10. The van der Waals surface area contributed by atoms with Gasteiger partial charge in [-0.2, -0.15) is 0 Å². The highest BCUT2D eigenvalue weighted by molar-refractivity contribution is 9.09. The molecule has 3 saturated heterocycles. The average Bonchev–Trinajstić information content (AvgIpc) is 3.26. The number of likely N-dealkylation sites (tertiary alicyclic amines) is 1. The Morgan fingerprint density at radius 1 is 1.18 bits per heavy atom. The van der Waals surface area contributed by atoms with Crippen LogP contribution in [0.15, 0.2) is 0 Å². The molecule has 2 bridgehead atoms. The molecule has 0 aromatic heterocycles. The molecule has 6 atom stereocenters. The number of aliphatic hydroxyl groups excluding tert-OH is 1. The second-order valence-electron chi connectivity index (χ2n) is 11.7. The topological polar surface area (TPSA) is 98.7 Å². The van der Waals surface area contributed by atoms with E-state index in [1.807, 2.05) is 13.8 Å². The van der Waals surface area contributed by atoms with Crippen molar-refractivity contribution in [3.63, 3.8) is 0 Å². The minimum Gasteiger partial charge on any atom is -0.396 e. The molecule has 0 saturated carbocycles. The van der Waals surface area contributed by atoms with Gasteiger partial charge in [-0.3, -0.25) is 14.4 Å². The van der Waals surface area contributed by atoms with Gasteiger partial charge in [0.25, 0.3) is 0 Å². The quantitative estimate of drug-likeness (QED) is 0.305. The number of halogens is 1. The lowest BCUT2D eigenvalue weighted by atomic mass is 9.70. The van der Waals surface area contributed by atoms with Crippen LogP contribution in [0.25, 0.3) is 0 Å². The molecule has 1 spiro atoms. The molecule has 0 aromatic rings. The molecule has 9 heteroatoms. The first-order chi connectivity index (χ1) is 15.3. The first-order valence-electron chi connectivity index (χ1n) is 12.0. The summed E-state index contributed by atoms with van der Waals surface area (Å²) in [6, 6.07) is -0.604. The minimum absolute atomic E-state index is 0.0201. The molecular formula is C24H40BrN3O4S. The zero-order chi connectivity index (χ0) is 24.8. The summed E-state index contributed by atoms with van der Waals surface area (Å²) in [6.45, 7) is 11.1. The van der Waals surface area contributed by atoms with Crippen molar-refractivity contribution in [1.29, 1.82) is 0 Å². The number of nitrogens with zero attached hydrogens (tertiary/aromatic N) is 1. The normalized spacial score (nSPS) is 33.4. The summed E-state index contributed by atoms with van der Waals surface area (Å²) < 4.78 is -0.605. The molecule has 0 aliphatic carbocycles. The van der Waals surface area contributed by atoms with Gasteiger partial charge in [-0.25, -0.2) is 0 Å². The minimum atomic E-state index is -0.605. The van der Waals surface area contributed by atoms with Crippen molar-refractivity contribution < 1.29 is 19.5 Å². The fraction of sp³-hybridized carbons (Fsp3) is 0.875. The molecule has 3 aliphatic heterocycles. The van der Waals surface area contributed by atoms with Crippen molar-refractivity contribution >= 4 is 45.4 Å². The van der Waals surface area contributed by atoms with Gasteiger partial charge in [-0.05, 0) is 51.4 Å². The first kappa shape index (κ1) is 26.8. The van der Waals surface area contributed by atoms with Gasteiger partial charge >= 0.3 is 0 Å². The largest absolute Gasteiger partial charge is 0.396 e. The second kappa shape index (κ2) is 9.69. The summed E-state index contributed by atoms with van der Waals surface area (Å²) in [6.07, 6.45) is 3.68. The number of unbranched alkanes of at least 4 members (excludes halogenated alkanes) is 2. The molecule has 3 amide bonds. The molecule has 3 fully saturated rings. The zero-order valence-electron chi connectivity index (χ0n) is 20.7. The van der Waals surface area contributed by atoms with Gasteiger partial charge in [0.1, 0.15) is 6.04 Å². The maximum absolute atomic E-state index is 13.9. The van der Waals surface area contributed by atoms with E-state index in [-0.39, 0.29) is 39.8 Å². The Labute approximate surface area is 210 Å². The molecule has 0 radical (unpaired) electrons. The lowest BCUT2D eigenvalue weighted by Gasteiger charge is -2.39. The maximum atomic E-state index is 13.9. The summed E-state index contributed by atoms with van der Waals surface area (Å²) in [5, 5.41) is 15.1. The molecule has 3 heterocycles. The molecule has 0 aromatic carbocycles. The van der Waals surface area contributed by atoms with Gasteiger partial charge in [0, 0.05) is 35.8 Å². The van der Waals surface area contributed by atoms with Crippen molar-refractivity contribution in [2.75, 3.05) is 20.2 Å². The second-order valence-corrected chi connectivity index (χ2v) is 14.4. The molecule has 7 nitrogen and oxygen atoms in total. The van der Waals surface area contributed by atoms with Crippen molar-refractivity contribution in [3.8, 4) is 0 Å². The number of hydrogen-bond donors (Lipinski definition) is 3. The number of carbonyl (C=O) groups is 3. The van der Waals surface area contributed by atoms with Crippen LogP contribution in [0.1, 0.15) is 66.7 Å². The van der Waals surface area contributed by atoms with Crippen molar-refractivity contribution in [2.45, 2.75) is 93.1 Å². The van der Waals surface area contributed by atoms with E-state index < -0.39 is 28.2 Å². The number of fused-ring (bicyclic) bond motifs is 1. The fourth-order valence-electron chi connectivity index (χ4n) is 6.48. The Morgan fingerprint density at radius 2 is 1.85 bits per heavy atom. The summed E-state index contributed by atoms with van der Waals surface area (Å²) in [7, 11) is 1.61. The van der Waals surface area contributed by atoms with Crippen LogP contribution in [-0.4, -0.2) is 74.3 Å². The smallest absolute Gasteiger partial charge is 0.244 e. The van der Waals surface area contributed by atoms with Gasteiger partial charge in [0.15, 0.2) is 0 Å². The maximum Gasteiger partial charge on any atom is 0.244 e. The summed E-state index contributed by atoms with van der Waals surface area (Å²) in [5.41, 5.74) is -0.385. The fourth-order valence-corrected chi connectivity index (χ4v) is 10.1. The third-order valence-corrected chi connectivity index (χ3v) is 10.3. The van der Waals surface area contributed by atoms with Gasteiger partial charge < -0.3 is 20.6 Å². The standard InChI is InChI=1S/C24H40BrN3O4S/c1-22(2,3)13-23(4,5)27-20(31)18-24-12-14(25)17(33-24)15(19(30)26-6)16(24)21(32)28(18)10-8-7-9-11-29/h14-18,29H,7-13H2,1-6H3,(H,26,30)(H,27,31)/t14?,15-,16-,17-,18?,24?/m0/s1. The first-order valence-corrected chi connectivity index (χ1v) is 13.8. The Kier molecular flexibility index (Phi) is 7.87. The Bertz CT molecular complexity index is 786. The lowest BCUT2D eigenvalue weighted by molar-refractivity contribution is -0.140. The van der Waals surface area contributed by atoms with Gasteiger partial charge in [-0.1, -0.05) is 36.7 Å². The number of thioether (sulfide) groups is 1. The highest BCUT2D eigenvalue weighted by Crippen LogP contribution is 2.67. The van der Waals surface area contributed by atoms with Crippen molar-refractivity contribution in [2.24, 2.45) is 17.3 Å². The van der Waals surface area contributed by atoms with Gasteiger partial charge in [-0.15, -0.1) is 11.8 Å². The number of carbonyl (C=O) groups excluding carboxylic acids is 3. The van der Waals surface area contributed by atoms with Crippen LogP contribution in [-0.2, 0) is 14.4 Å². The molecule has 33 heavy (non-hydrogen) atoms. The summed E-state index contributed by atoms with van der Waals surface area (Å²) in [4.78, 5) is 42.4. The molecule has 188 valence electrons. The molecule has 3 unspecified atom stereocenters. The number of hydrogen-bond acceptors (Lipinski definition) is 5. The van der Waals surface area contributed by atoms with E-state index in [1.165, 1.54) is 0 Å². The van der Waals surface area contributed by atoms with Crippen LogP contribution in [0.2, 0.25) is 0 Å². The molecule has 3 rings (SSSR count). The number of nitrogens with one attached hydrogen (secondary N) is 2. The van der Waals surface area contributed by atoms with E-state index in [2.05, 4.69) is 47.3 Å². The van der Waals surface area contributed by atoms with Gasteiger partial charge in [0.2, 0.25) is 17.7 Å². The predicted octanol–water partition coefficient (Wildman–Crippen LogP) is 2.69. The van der Waals surface area contributed by atoms with E-state index in [4.69, 9.17) is 5.11 Å². The van der Waals surface area contributed by atoms with Crippen LogP contribution >= 0.6 is 27.7 Å². The number of aliphatic hydroxyl groups is 1. The van der Waals surface area contributed by atoms with Crippen molar-refractivity contribution in [1.82, 2.24) is 15.5 Å². The highest BCUT2D eigenvalue weighted by Gasteiger charge is 2.75. The number of amides is 3. The van der Waals surface area contributed by atoms with Crippen molar-refractivity contribution in [3.05, 3.63) is 0 Å². The highest BCUT2D eigenvalue weighted by atomic mass is 79.9. The van der Waals surface area contributed by atoms with Crippen LogP contribution in [0.4, 0.5) is 0 Å². The van der Waals surface area contributed by atoms with E-state index in [0.717, 1.165) is 19.3 Å². The monoisotopic (exact) mass is 545 g/mol. The van der Waals surface area contributed by atoms with Gasteiger partial charge in [0.05, 0.1) is 16.6 Å². The van der Waals surface area contributed by atoms with Crippen LogP contribution in [0.5, 0.6) is 0 Å². The number of alkyl halides is 1. The Balaban J connectivity index is 1.94. The van der Waals surface area contributed by atoms with Crippen LogP contribution in [0.3, 0.4) is 0 Å². The third-order valence-electron chi connectivity index (χ3n) is 7.08. The van der Waals surface area contributed by atoms with E-state index in [1.54, 1.807) is 23.7 Å². The van der Waals surface area contributed by atoms with Crippen LogP contribution < -0.4 is 10.6 Å². The SMILES string of the molecule is CNC(=O)[C@H]1[C@H]2C(=O)N(CCCCCO)C(C(=O)NC(C)(C)CC(C)(C)C)C23CC(Br)[C@@H]1S3. The van der Waals surface area contributed by atoms with Crippen LogP contribution in [0, 0.1) is 17.3 Å². The lowest BCUT2D eigenvalue weighted by Crippen LogP contribution is -2.58. The Hall–Kier alpha value is -0.800. The van der Waals surface area contributed by atoms with E-state index in [0.29, 0.717) is 19.4 Å². The zero-order valence-corrected chi connectivity index (χ0v) is 23.1. The Morgan fingerprint density at radius 3 is 2.42 bits per heavy atom.